The molecule has 4 heterocycles. The highest BCUT2D eigenvalue weighted by Gasteiger charge is 2.27. The first kappa shape index (κ1) is 29.6. The molecule has 1 aromatic carbocycles. The van der Waals surface area contributed by atoms with Crippen molar-refractivity contribution in [3.05, 3.63) is 47.5 Å². The van der Waals surface area contributed by atoms with Gasteiger partial charge in [0.25, 0.3) is 17.6 Å². The van der Waals surface area contributed by atoms with Crippen LogP contribution in [0.4, 0.5) is 5.82 Å². The predicted molar refractivity (Wildman–Crippen MR) is 143 cm³/mol. The summed E-state index contributed by atoms with van der Waals surface area (Å²) >= 11 is 0. The highest BCUT2D eigenvalue weighted by molar-refractivity contribution is 5.98. The molecule has 11 nitrogen and oxygen atoms in total. The van der Waals surface area contributed by atoms with Crippen molar-refractivity contribution in [3.8, 4) is 0 Å². The average molecular weight is 654 g/mol. The monoisotopic (exact) mass is 653 g/mol. The van der Waals surface area contributed by atoms with Gasteiger partial charge in [0, 0.05) is 37.0 Å². The number of likely N-dealkylation sites (tertiary alicyclic amines) is 1. The van der Waals surface area contributed by atoms with E-state index in [2.05, 4.69) is 43.3 Å². The summed E-state index contributed by atoms with van der Waals surface area (Å²) in [6.07, 6.45) is 3.35. The number of nitrogens with one attached hydrogen (secondary N) is 2. The zero-order valence-electron chi connectivity index (χ0n) is 21.4. The Hall–Kier alpha value is -2.97. The van der Waals surface area contributed by atoms with Crippen LogP contribution >= 0.6 is 12.4 Å². The van der Waals surface area contributed by atoms with Crippen molar-refractivity contribution in [2.24, 2.45) is 5.73 Å². The number of aryl methyl sites for hydroxylation is 2. The fourth-order valence-corrected chi connectivity index (χ4v) is 5.00. The second kappa shape index (κ2) is 12.3. The third kappa shape index (κ3) is 5.43. The summed E-state index contributed by atoms with van der Waals surface area (Å²) in [6, 6.07) is 7.74. The SMILES string of the molecule is CCn1c(CNC(=O)c2nc3cc[nH]c3nc2N)[n+](CC)c2ccc(C(=O)N3CCC(N)CC3)cc21.Cl.[I-]. The minimum atomic E-state index is -0.391. The topological polar surface area (TPSA) is 152 Å². The Morgan fingerprint density at radius 2 is 1.92 bits per heavy atom. The predicted octanol–water partition coefficient (Wildman–Crippen LogP) is -1.26. The van der Waals surface area contributed by atoms with E-state index in [0.29, 0.717) is 42.9 Å². The Morgan fingerprint density at radius 3 is 2.61 bits per heavy atom. The maximum atomic E-state index is 13.2. The van der Waals surface area contributed by atoms with E-state index in [1.165, 1.54) is 0 Å². The second-order valence-electron chi connectivity index (χ2n) is 9.09. The Balaban J connectivity index is 0.00000200. The highest BCUT2D eigenvalue weighted by atomic mass is 127. The van der Waals surface area contributed by atoms with Gasteiger partial charge in [-0.25, -0.2) is 19.1 Å². The summed E-state index contributed by atoms with van der Waals surface area (Å²) in [6.45, 7) is 7.14. The Bertz CT molecular complexity index is 1460. The van der Waals surface area contributed by atoms with E-state index in [0.717, 1.165) is 29.7 Å². The van der Waals surface area contributed by atoms with Crippen molar-refractivity contribution in [2.75, 3.05) is 18.8 Å². The van der Waals surface area contributed by atoms with Crippen molar-refractivity contribution in [2.45, 2.75) is 52.4 Å². The van der Waals surface area contributed by atoms with Gasteiger partial charge in [-0.2, -0.15) is 0 Å². The van der Waals surface area contributed by atoms with Crippen LogP contribution in [0.1, 0.15) is 53.4 Å². The van der Waals surface area contributed by atoms with Crippen molar-refractivity contribution >= 4 is 52.2 Å². The molecule has 13 heteroatoms. The van der Waals surface area contributed by atoms with Crippen LogP contribution in [0.3, 0.4) is 0 Å². The van der Waals surface area contributed by atoms with Crippen LogP contribution in [0.15, 0.2) is 30.5 Å². The number of nitrogens with two attached hydrogens (primary N) is 2. The van der Waals surface area contributed by atoms with Crippen molar-refractivity contribution in [1.29, 1.82) is 0 Å². The maximum absolute atomic E-state index is 13.2. The number of nitrogen functional groups attached to an aromatic ring is 1. The Morgan fingerprint density at radius 1 is 1.18 bits per heavy atom. The number of imidazole rings is 1. The number of aromatic nitrogens is 5. The summed E-state index contributed by atoms with van der Waals surface area (Å²) in [4.78, 5) is 39.6. The molecule has 1 fully saturated rings. The fraction of sp³-hybridized carbons (Fsp3) is 0.400. The lowest BCUT2D eigenvalue weighted by Crippen LogP contribution is -3.00. The maximum Gasteiger partial charge on any atom is 0.277 e. The Labute approximate surface area is 243 Å². The lowest BCUT2D eigenvalue weighted by atomic mass is 10.0. The molecule has 0 unspecified atom stereocenters. The number of piperidine rings is 1. The van der Waals surface area contributed by atoms with E-state index < -0.39 is 5.91 Å². The summed E-state index contributed by atoms with van der Waals surface area (Å²) in [7, 11) is 0. The molecule has 0 aliphatic carbocycles. The van der Waals surface area contributed by atoms with Crippen LogP contribution in [0.2, 0.25) is 0 Å². The average Bonchev–Trinajstić information content (AvgIpc) is 3.47. The van der Waals surface area contributed by atoms with Gasteiger partial charge in [-0.15, -0.1) is 12.4 Å². The molecule has 1 aliphatic heterocycles. The molecular weight excluding hydrogens is 621 g/mol. The molecule has 5 rings (SSSR count). The van der Waals surface area contributed by atoms with Gasteiger partial charge >= 0.3 is 0 Å². The number of hydrogen-bond donors (Lipinski definition) is 4. The van der Waals surface area contributed by atoms with E-state index in [1.54, 1.807) is 12.3 Å². The van der Waals surface area contributed by atoms with E-state index in [-0.39, 0.29) is 66.4 Å². The summed E-state index contributed by atoms with van der Waals surface area (Å²) < 4.78 is 4.28. The van der Waals surface area contributed by atoms with Crippen molar-refractivity contribution in [1.82, 2.24) is 29.7 Å². The normalized spacial score (nSPS) is 13.8. The molecule has 0 bridgehead atoms. The van der Waals surface area contributed by atoms with Gasteiger partial charge in [0.15, 0.2) is 28.2 Å². The quantitative estimate of drug-likeness (QED) is 0.151. The minimum absolute atomic E-state index is 0. The van der Waals surface area contributed by atoms with Crippen LogP contribution in [0.5, 0.6) is 0 Å². The molecule has 204 valence electrons. The number of amides is 2. The first-order valence-electron chi connectivity index (χ1n) is 12.4. The van der Waals surface area contributed by atoms with Crippen molar-refractivity contribution < 1.29 is 38.1 Å². The summed E-state index contributed by atoms with van der Waals surface area (Å²) in [5.74, 6) is 0.632. The third-order valence-electron chi connectivity index (χ3n) is 6.92. The zero-order chi connectivity index (χ0) is 25.4. The number of H-pyrrole nitrogens is 1. The molecule has 1 aliphatic rings. The smallest absolute Gasteiger partial charge is 0.277 e. The van der Waals surface area contributed by atoms with Crippen LogP contribution in [-0.2, 0) is 19.6 Å². The molecular formula is C25H33ClIN9O2. The number of nitrogens with zero attached hydrogens (tertiary/aromatic N) is 5. The molecule has 0 saturated carbocycles. The van der Waals surface area contributed by atoms with Gasteiger partial charge in [0.05, 0.1) is 13.1 Å². The van der Waals surface area contributed by atoms with Gasteiger partial charge in [-0.3, -0.25) is 9.59 Å². The van der Waals surface area contributed by atoms with Gasteiger partial charge in [-0.05, 0) is 44.9 Å². The molecule has 38 heavy (non-hydrogen) atoms. The second-order valence-corrected chi connectivity index (χ2v) is 9.09. The summed E-state index contributed by atoms with van der Waals surface area (Å²) in [5, 5.41) is 2.96. The van der Waals surface area contributed by atoms with Crippen molar-refractivity contribution in [3.63, 3.8) is 0 Å². The standard InChI is InChI=1S/C25H31N9O2.ClH.HI/c1-3-33-18-6-5-15(25(36)32-11-8-16(26)9-12-32)13-19(18)34(4-2)20(33)14-29-24(35)21-22(27)31-23-17(30-21)7-10-28-23;;/h5-7,10,13,16H,3-4,8-9,11-12,14,26H2,1-2H3,(H3-,27,28,29,30,31,35);2*1H. The molecule has 4 aromatic rings. The number of rotatable bonds is 6. The lowest BCUT2D eigenvalue weighted by Gasteiger charge is -2.30. The van der Waals surface area contributed by atoms with Gasteiger partial charge in [-0.1, -0.05) is 0 Å². The van der Waals surface area contributed by atoms with E-state index >= 15 is 0 Å². The van der Waals surface area contributed by atoms with E-state index in [1.807, 2.05) is 23.1 Å². The molecule has 0 spiro atoms. The van der Waals surface area contributed by atoms with Crippen LogP contribution < -0.4 is 45.3 Å². The number of benzene rings is 1. The number of halogens is 2. The number of carbonyl (C=O) groups is 2. The minimum Gasteiger partial charge on any atom is -1.00 e. The first-order chi connectivity index (χ1) is 17.4. The van der Waals surface area contributed by atoms with Gasteiger partial charge < -0.3 is 50.6 Å². The van der Waals surface area contributed by atoms with Crippen LogP contribution in [0, 0.1) is 0 Å². The zero-order valence-corrected chi connectivity index (χ0v) is 24.4. The summed E-state index contributed by atoms with van der Waals surface area (Å²) in [5.41, 5.74) is 15.8. The third-order valence-corrected chi connectivity index (χ3v) is 6.92. The molecule has 2 amide bonds. The number of hydrogen-bond acceptors (Lipinski definition) is 6. The molecule has 3 aromatic heterocycles. The number of anilines is 1. The lowest BCUT2D eigenvalue weighted by molar-refractivity contribution is -0.676. The number of aromatic amines is 1. The van der Waals surface area contributed by atoms with E-state index in [9.17, 15) is 9.59 Å². The van der Waals surface area contributed by atoms with Gasteiger partial charge in [0.2, 0.25) is 0 Å². The number of carbonyl (C=O) groups excluding carboxylic acids is 2. The molecule has 0 atom stereocenters. The number of fused-ring (bicyclic) bond motifs is 2. The van der Waals surface area contributed by atoms with Crippen LogP contribution in [-0.4, -0.2) is 55.4 Å². The fourth-order valence-electron chi connectivity index (χ4n) is 5.00. The van der Waals surface area contributed by atoms with E-state index in [4.69, 9.17) is 11.5 Å². The molecule has 0 radical (unpaired) electrons. The van der Waals surface area contributed by atoms with Gasteiger partial charge in [0.1, 0.15) is 12.1 Å². The highest BCUT2D eigenvalue weighted by Crippen LogP contribution is 2.20. The van der Waals surface area contributed by atoms with Crippen LogP contribution in [0.25, 0.3) is 22.2 Å². The first-order valence-corrected chi connectivity index (χ1v) is 12.4. The Kier molecular flexibility index (Phi) is 9.54. The molecule has 6 N–H and O–H groups in total. The molecule has 1 saturated heterocycles. The largest absolute Gasteiger partial charge is 1.00 e.